The summed E-state index contributed by atoms with van der Waals surface area (Å²) in [4.78, 5) is 23.4. The minimum Gasteiger partial charge on any atom is -0.388 e. The van der Waals surface area contributed by atoms with Crippen LogP contribution in [0.5, 0.6) is 0 Å². The lowest BCUT2D eigenvalue weighted by atomic mass is 9.85. The lowest BCUT2D eigenvalue weighted by Crippen LogP contribution is -2.53. The van der Waals surface area contributed by atoms with Gasteiger partial charge < -0.3 is 5.11 Å². The first kappa shape index (κ1) is 18.3. The number of rotatable bonds is 5. The third-order valence-corrected chi connectivity index (χ3v) is 5.89. The van der Waals surface area contributed by atoms with Crippen molar-refractivity contribution in [3.63, 3.8) is 0 Å². The van der Waals surface area contributed by atoms with Crippen LogP contribution in [-0.2, 0) is 19.5 Å². The molecular formula is C20H27N5O2. The van der Waals surface area contributed by atoms with Gasteiger partial charge in [-0.05, 0) is 38.7 Å². The van der Waals surface area contributed by atoms with Gasteiger partial charge in [0.2, 0.25) is 0 Å². The molecule has 0 radical (unpaired) electrons. The molecule has 2 aromatic rings. The average Bonchev–Trinajstić information content (AvgIpc) is 2.89. The van der Waals surface area contributed by atoms with Crippen molar-refractivity contribution in [3.8, 4) is 0 Å². The number of hydrogen-bond acceptors (Lipinski definition) is 6. The van der Waals surface area contributed by atoms with Crippen LogP contribution in [0, 0.1) is 6.92 Å². The molecule has 4 heterocycles. The molecule has 2 saturated heterocycles. The van der Waals surface area contributed by atoms with Gasteiger partial charge in [0.25, 0.3) is 5.56 Å². The highest BCUT2D eigenvalue weighted by atomic mass is 16.3. The highest BCUT2D eigenvalue weighted by Crippen LogP contribution is 2.42. The van der Waals surface area contributed by atoms with Crippen LogP contribution in [0.1, 0.15) is 49.7 Å². The van der Waals surface area contributed by atoms with Crippen LogP contribution in [0.4, 0.5) is 0 Å². The number of hydrogen-bond donors (Lipinski definition) is 1. The molecule has 144 valence electrons. The van der Waals surface area contributed by atoms with Crippen molar-refractivity contribution in [2.75, 3.05) is 0 Å². The molecule has 2 aromatic heterocycles. The first-order valence-electron chi connectivity index (χ1n) is 9.78. The van der Waals surface area contributed by atoms with Crippen LogP contribution in [-0.4, -0.2) is 47.4 Å². The zero-order valence-electron chi connectivity index (χ0n) is 16.0. The van der Waals surface area contributed by atoms with Gasteiger partial charge in [-0.15, -0.1) is 0 Å². The fraction of sp³-hybridized carbons (Fsp3) is 0.600. The predicted octanol–water partition coefficient (Wildman–Crippen LogP) is 1.46. The standard InChI is InChI=1S/C20H27N5O2/c1-3-18-21-10-15(11-22-18)12-24-16-5-6-17(24)9-20(27,8-16)13-25-19(26)7-4-14(2)23-25/h4,7,10-11,16-17,27H,3,5-6,8-9,12-13H2,1-2H3/t16-,17-/m0/s1. The van der Waals surface area contributed by atoms with Crippen molar-refractivity contribution < 1.29 is 5.11 Å². The number of piperidine rings is 1. The molecular weight excluding hydrogens is 342 g/mol. The molecule has 0 aliphatic carbocycles. The van der Waals surface area contributed by atoms with Gasteiger partial charge in [-0.25, -0.2) is 14.6 Å². The zero-order valence-corrected chi connectivity index (χ0v) is 16.0. The highest BCUT2D eigenvalue weighted by molar-refractivity contribution is 5.10. The second-order valence-electron chi connectivity index (χ2n) is 8.02. The van der Waals surface area contributed by atoms with E-state index in [1.807, 2.05) is 19.3 Å². The molecule has 0 unspecified atom stereocenters. The Morgan fingerprint density at radius 1 is 1.19 bits per heavy atom. The van der Waals surface area contributed by atoms with Gasteiger partial charge in [0.15, 0.2) is 0 Å². The molecule has 0 aromatic carbocycles. The lowest BCUT2D eigenvalue weighted by Gasteiger charge is -2.43. The molecule has 7 nitrogen and oxygen atoms in total. The van der Waals surface area contributed by atoms with Crippen LogP contribution < -0.4 is 5.56 Å². The summed E-state index contributed by atoms with van der Waals surface area (Å²) in [5.74, 6) is 0.867. The molecule has 1 N–H and O–H groups in total. The first-order valence-corrected chi connectivity index (χ1v) is 9.78. The summed E-state index contributed by atoms with van der Waals surface area (Å²) < 4.78 is 1.42. The number of aromatic nitrogens is 4. The maximum atomic E-state index is 12.1. The van der Waals surface area contributed by atoms with Crippen molar-refractivity contribution in [1.29, 1.82) is 0 Å². The third-order valence-electron chi connectivity index (χ3n) is 5.89. The van der Waals surface area contributed by atoms with Crippen LogP contribution in [0.15, 0.2) is 29.3 Å². The van der Waals surface area contributed by atoms with E-state index in [1.54, 1.807) is 6.07 Å². The molecule has 2 bridgehead atoms. The minimum absolute atomic E-state index is 0.156. The van der Waals surface area contributed by atoms with Crippen molar-refractivity contribution >= 4 is 0 Å². The van der Waals surface area contributed by atoms with E-state index in [2.05, 4.69) is 26.9 Å². The second kappa shape index (κ2) is 7.13. The van der Waals surface area contributed by atoms with Gasteiger partial charge >= 0.3 is 0 Å². The fourth-order valence-corrected chi connectivity index (χ4v) is 4.60. The molecule has 27 heavy (non-hydrogen) atoms. The maximum absolute atomic E-state index is 12.1. The monoisotopic (exact) mass is 369 g/mol. The van der Waals surface area contributed by atoms with Gasteiger partial charge in [0, 0.05) is 49.1 Å². The summed E-state index contributed by atoms with van der Waals surface area (Å²) >= 11 is 0. The van der Waals surface area contributed by atoms with Gasteiger partial charge in [-0.3, -0.25) is 9.69 Å². The Balaban J connectivity index is 1.47. The van der Waals surface area contributed by atoms with Crippen LogP contribution in [0.2, 0.25) is 0 Å². The molecule has 2 fully saturated rings. The lowest BCUT2D eigenvalue weighted by molar-refractivity contribution is -0.0678. The van der Waals surface area contributed by atoms with Crippen LogP contribution >= 0.6 is 0 Å². The second-order valence-corrected chi connectivity index (χ2v) is 8.02. The van der Waals surface area contributed by atoms with Gasteiger partial charge in [-0.1, -0.05) is 6.92 Å². The van der Waals surface area contributed by atoms with E-state index in [-0.39, 0.29) is 12.1 Å². The van der Waals surface area contributed by atoms with Crippen LogP contribution in [0.25, 0.3) is 0 Å². The normalized spacial score (nSPS) is 27.8. The number of fused-ring (bicyclic) bond motifs is 2. The van der Waals surface area contributed by atoms with Gasteiger partial charge in [0.05, 0.1) is 17.8 Å². The van der Waals surface area contributed by atoms with Crippen LogP contribution in [0.3, 0.4) is 0 Å². The number of nitrogens with zero attached hydrogens (tertiary/aromatic N) is 5. The Morgan fingerprint density at radius 3 is 2.48 bits per heavy atom. The number of aryl methyl sites for hydroxylation is 2. The smallest absolute Gasteiger partial charge is 0.266 e. The van der Waals surface area contributed by atoms with Crippen molar-refractivity contribution in [2.45, 2.75) is 76.7 Å². The summed E-state index contributed by atoms with van der Waals surface area (Å²) in [6.45, 7) is 4.99. The summed E-state index contributed by atoms with van der Waals surface area (Å²) in [6.07, 6.45) is 8.17. The van der Waals surface area contributed by atoms with Gasteiger partial charge in [0.1, 0.15) is 5.82 Å². The summed E-state index contributed by atoms with van der Waals surface area (Å²) in [5, 5.41) is 15.5. The molecule has 0 saturated carbocycles. The Bertz CT molecular complexity index is 849. The van der Waals surface area contributed by atoms with E-state index in [0.717, 1.165) is 42.9 Å². The average molecular weight is 369 g/mol. The highest BCUT2D eigenvalue weighted by Gasteiger charge is 2.47. The molecule has 2 aliphatic heterocycles. The van der Waals surface area contributed by atoms with Crippen molar-refractivity contribution in [2.24, 2.45) is 0 Å². The van der Waals surface area contributed by atoms with E-state index in [1.165, 1.54) is 10.7 Å². The third kappa shape index (κ3) is 3.80. The summed E-state index contributed by atoms with van der Waals surface area (Å²) in [5.41, 5.74) is 0.868. The molecule has 0 amide bonds. The van der Waals surface area contributed by atoms with E-state index < -0.39 is 5.60 Å². The predicted molar refractivity (Wildman–Crippen MR) is 101 cm³/mol. The quantitative estimate of drug-likeness (QED) is 0.859. The molecule has 0 spiro atoms. The molecule has 4 rings (SSSR count). The van der Waals surface area contributed by atoms with Crippen molar-refractivity contribution in [1.82, 2.24) is 24.6 Å². The SMILES string of the molecule is CCc1ncc(CN2[C@H]3CC[C@H]2CC(O)(Cn2nc(C)ccc2=O)C3)cn1. The largest absolute Gasteiger partial charge is 0.388 e. The maximum Gasteiger partial charge on any atom is 0.266 e. The minimum atomic E-state index is -0.879. The Kier molecular flexibility index (Phi) is 4.82. The molecule has 2 aliphatic rings. The Morgan fingerprint density at radius 2 is 1.85 bits per heavy atom. The van der Waals surface area contributed by atoms with Gasteiger partial charge in [-0.2, -0.15) is 5.10 Å². The van der Waals surface area contributed by atoms with E-state index in [9.17, 15) is 9.90 Å². The van der Waals surface area contributed by atoms with E-state index >= 15 is 0 Å². The first-order chi connectivity index (χ1) is 13.0. The number of aliphatic hydroxyl groups is 1. The zero-order chi connectivity index (χ0) is 19.0. The Hall–Kier alpha value is -2.12. The topological polar surface area (TPSA) is 84.1 Å². The Labute approximate surface area is 159 Å². The summed E-state index contributed by atoms with van der Waals surface area (Å²) in [6, 6.07) is 3.87. The molecule has 2 atom stereocenters. The van der Waals surface area contributed by atoms with Crippen molar-refractivity contribution in [3.05, 3.63) is 52.0 Å². The molecule has 7 heteroatoms. The summed E-state index contributed by atoms with van der Waals surface area (Å²) in [7, 11) is 0. The van der Waals surface area contributed by atoms with E-state index in [4.69, 9.17) is 0 Å². The fourth-order valence-electron chi connectivity index (χ4n) is 4.60. The van der Waals surface area contributed by atoms with E-state index in [0.29, 0.717) is 24.9 Å².